The molecule has 2 aromatic heterocycles. The number of esters is 1. The number of benzene rings is 2. The first-order chi connectivity index (χ1) is 22.5. The molecular weight excluding hydrogens is 651 g/mol. The number of thiazole rings is 1. The van der Waals surface area contributed by atoms with E-state index in [2.05, 4.69) is 15.0 Å². The van der Waals surface area contributed by atoms with Crippen molar-refractivity contribution in [3.63, 3.8) is 0 Å². The van der Waals surface area contributed by atoms with Crippen LogP contribution in [0.4, 0.5) is 5.69 Å². The molecule has 16 heteroatoms. The van der Waals surface area contributed by atoms with Crippen LogP contribution < -0.4 is 34.7 Å². The van der Waals surface area contributed by atoms with Gasteiger partial charge in [-0.3, -0.25) is 24.3 Å². The van der Waals surface area contributed by atoms with E-state index in [1.807, 2.05) is 0 Å². The van der Waals surface area contributed by atoms with Crippen molar-refractivity contribution < 1.29 is 28.7 Å². The largest absolute Gasteiger partial charge is 0.493 e. The molecule has 3 heterocycles. The number of H-pyrrole nitrogens is 1. The van der Waals surface area contributed by atoms with Gasteiger partial charge < -0.3 is 23.9 Å². The summed E-state index contributed by atoms with van der Waals surface area (Å²) in [4.78, 5) is 62.7. The second-order valence-corrected chi connectivity index (χ2v) is 12.1. The van der Waals surface area contributed by atoms with Gasteiger partial charge >= 0.3 is 5.97 Å². The third-order valence-electron chi connectivity index (χ3n) is 7.05. The summed E-state index contributed by atoms with van der Waals surface area (Å²) in [6.45, 7) is 5.09. The number of allylic oxidation sites excluding steroid dienone is 1. The summed E-state index contributed by atoms with van der Waals surface area (Å²) >= 11 is 2.01. The molecule has 0 radical (unpaired) electrons. The Morgan fingerprint density at radius 1 is 1.11 bits per heavy atom. The number of aromatic amines is 1. The maximum Gasteiger partial charge on any atom is 0.338 e. The van der Waals surface area contributed by atoms with Crippen LogP contribution in [-0.4, -0.2) is 53.4 Å². The molecule has 0 bridgehead atoms. The van der Waals surface area contributed by atoms with Crippen LogP contribution in [0.3, 0.4) is 0 Å². The second kappa shape index (κ2) is 13.6. The van der Waals surface area contributed by atoms with Gasteiger partial charge in [0.1, 0.15) is 0 Å². The zero-order valence-corrected chi connectivity index (χ0v) is 27.7. The normalized spacial score (nSPS) is 14.3. The molecule has 5 rings (SSSR count). The molecule has 47 heavy (non-hydrogen) atoms. The first-order valence-corrected chi connectivity index (χ1v) is 15.7. The Hall–Kier alpha value is -5.22. The summed E-state index contributed by atoms with van der Waals surface area (Å²) in [7, 11) is 4.38. The minimum Gasteiger partial charge on any atom is -0.493 e. The highest BCUT2D eigenvalue weighted by Gasteiger charge is 2.35. The average Bonchev–Trinajstić information content (AvgIpc) is 3.33. The number of fused-ring (bicyclic) bond motifs is 1. The SMILES string of the molecule is CCOC(=O)C1=C(C)N=c2s/c(=C/c3ccc(Sc4nc(C)cc(=O)[nH]4)c([N+](=O)[O-])c3)c(=O)n2[C@H]1c1cc(OC)c(OC)c(OC)c1. The third kappa shape index (κ3) is 6.55. The standard InChI is InChI=1S/C31H29N5O9S2/c1-7-45-29(39)25-16(3)33-31-35(26(25)18-13-20(42-4)27(44-6)21(14-18)43-5)28(38)23(47-31)12-17-8-9-22(19(11-17)36(40)41)46-30-32-15(2)10-24(37)34-30/h8-14,26H,7H2,1-6H3,(H,32,34,37)/b23-12+/t26-/m0/s1. The molecule has 0 saturated heterocycles. The number of carbonyl (C=O) groups excluding carboxylic acids is 1. The molecule has 1 aliphatic heterocycles. The van der Waals surface area contributed by atoms with Crippen molar-refractivity contribution in [1.29, 1.82) is 0 Å². The third-order valence-corrected chi connectivity index (χ3v) is 8.99. The molecule has 1 atom stereocenters. The smallest absolute Gasteiger partial charge is 0.338 e. The zero-order valence-electron chi connectivity index (χ0n) is 26.1. The van der Waals surface area contributed by atoms with Gasteiger partial charge in [0.15, 0.2) is 21.5 Å². The molecule has 0 unspecified atom stereocenters. The second-order valence-electron chi connectivity index (χ2n) is 10.0. The monoisotopic (exact) mass is 679 g/mol. The van der Waals surface area contributed by atoms with Crippen molar-refractivity contribution in [3.8, 4) is 17.2 Å². The topological polar surface area (TPSA) is 177 Å². The van der Waals surface area contributed by atoms with E-state index in [-0.39, 0.29) is 38.0 Å². The molecule has 14 nitrogen and oxygen atoms in total. The molecular formula is C31H29N5O9S2. The van der Waals surface area contributed by atoms with Crippen LogP contribution in [0.1, 0.15) is 36.7 Å². The van der Waals surface area contributed by atoms with E-state index in [1.165, 1.54) is 50.2 Å². The summed E-state index contributed by atoms with van der Waals surface area (Å²) in [6.07, 6.45) is 1.52. The highest BCUT2D eigenvalue weighted by Crippen LogP contribution is 2.42. The quantitative estimate of drug-likeness (QED) is 0.113. The number of nitrogens with zero attached hydrogens (tertiary/aromatic N) is 4. The van der Waals surface area contributed by atoms with Crippen LogP contribution >= 0.6 is 23.1 Å². The van der Waals surface area contributed by atoms with Gasteiger partial charge in [0.05, 0.1) is 59.6 Å². The maximum absolute atomic E-state index is 14.1. The highest BCUT2D eigenvalue weighted by atomic mass is 32.2. The zero-order chi connectivity index (χ0) is 34.0. The number of nitro groups is 1. The lowest BCUT2D eigenvalue weighted by molar-refractivity contribution is -0.387. The number of ether oxygens (including phenoxy) is 4. The fourth-order valence-corrected chi connectivity index (χ4v) is 7.05. The van der Waals surface area contributed by atoms with Crippen molar-refractivity contribution in [3.05, 3.63) is 105 Å². The predicted octanol–water partition coefficient (Wildman–Crippen LogP) is 3.28. The first-order valence-electron chi connectivity index (χ1n) is 14.0. The molecule has 0 fully saturated rings. The maximum atomic E-state index is 14.1. The highest BCUT2D eigenvalue weighted by molar-refractivity contribution is 7.99. The molecule has 4 aromatic rings. The van der Waals surface area contributed by atoms with Crippen LogP contribution in [-0.2, 0) is 9.53 Å². The van der Waals surface area contributed by atoms with Crippen LogP contribution in [0.25, 0.3) is 6.08 Å². The van der Waals surface area contributed by atoms with E-state index in [9.17, 15) is 24.5 Å². The molecule has 0 aliphatic carbocycles. The summed E-state index contributed by atoms with van der Waals surface area (Å²) in [5.74, 6) is 0.321. The number of carbonyl (C=O) groups is 1. The Bertz CT molecular complexity index is 2160. The van der Waals surface area contributed by atoms with Gasteiger partial charge in [-0.15, -0.1) is 0 Å². The number of hydrogen-bond donors (Lipinski definition) is 1. The lowest BCUT2D eigenvalue weighted by Crippen LogP contribution is -2.40. The molecule has 1 N–H and O–H groups in total. The summed E-state index contributed by atoms with van der Waals surface area (Å²) in [5, 5.41) is 12.3. The van der Waals surface area contributed by atoms with E-state index in [0.29, 0.717) is 44.6 Å². The van der Waals surface area contributed by atoms with Crippen molar-refractivity contribution in [2.75, 3.05) is 27.9 Å². The van der Waals surface area contributed by atoms with Crippen LogP contribution in [0.2, 0.25) is 0 Å². The van der Waals surface area contributed by atoms with Crippen molar-refractivity contribution in [2.24, 2.45) is 4.99 Å². The minimum absolute atomic E-state index is 0.102. The molecule has 244 valence electrons. The number of aryl methyl sites for hydroxylation is 1. The van der Waals surface area contributed by atoms with Gasteiger partial charge in [0.25, 0.3) is 16.8 Å². The lowest BCUT2D eigenvalue weighted by atomic mass is 9.95. The summed E-state index contributed by atoms with van der Waals surface area (Å²) in [5.41, 5.74) is 0.737. The minimum atomic E-state index is -0.974. The Kier molecular flexibility index (Phi) is 9.62. The Labute approximate surface area is 275 Å². The molecule has 0 saturated carbocycles. The van der Waals surface area contributed by atoms with Crippen molar-refractivity contribution in [1.82, 2.24) is 14.5 Å². The van der Waals surface area contributed by atoms with Crippen molar-refractivity contribution >= 4 is 40.8 Å². The van der Waals surface area contributed by atoms with E-state index >= 15 is 0 Å². The van der Waals surface area contributed by atoms with Gasteiger partial charge in [-0.25, -0.2) is 14.8 Å². The van der Waals surface area contributed by atoms with Gasteiger partial charge in [-0.05, 0) is 67.9 Å². The lowest BCUT2D eigenvalue weighted by Gasteiger charge is -2.26. The van der Waals surface area contributed by atoms with E-state index < -0.39 is 22.5 Å². The number of methoxy groups -OCH3 is 3. The fraction of sp³-hybridized carbons (Fsp3) is 0.258. The van der Waals surface area contributed by atoms with Gasteiger partial charge in [0, 0.05) is 17.8 Å². The number of nitro benzene ring substituents is 1. The van der Waals surface area contributed by atoms with E-state index in [0.717, 1.165) is 23.1 Å². The fourth-order valence-electron chi connectivity index (χ4n) is 5.07. The predicted molar refractivity (Wildman–Crippen MR) is 173 cm³/mol. The van der Waals surface area contributed by atoms with Crippen LogP contribution in [0.5, 0.6) is 17.2 Å². The van der Waals surface area contributed by atoms with E-state index in [1.54, 1.807) is 39.0 Å². The number of hydrogen-bond acceptors (Lipinski definition) is 13. The van der Waals surface area contributed by atoms with Crippen molar-refractivity contribution in [2.45, 2.75) is 36.9 Å². The first kappa shape index (κ1) is 33.2. The van der Waals surface area contributed by atoms with Crippen LogP contribution in [0.15, 0.2) is 72.3 Å². The Morgan fingerprint density at radius 3 is 2.40 bits per heavy atom. The van der Waals surface area contributed by atoms with E-state index in [4.69, 9.17) is 18.9 Å². The molecule has 1 aliphatic rings. The van der Waals surface area contributed by atoms with Gasteiger partial charge in [-0.2, -0.15) is 0 Å². The number of aromatic nitrogens is 3. The van der Waals surface area contributed by atoms with Gasteiger partial charge in [-0.1, -0.05) is 17.4 Å². The van der Waals surface area contributed by atoms with Crippen LogP contribution in [0, 0.1) is 17.0 Å². The average molecular weight is 680 g/mol. The number of nitrogens with one attached hydrogen (secondary N) is 1. The summed E-state index contributed by atoms with van der Waals surface area (Å²) < 4.78 is 23.5. The molecule has 2 aromatic carbocycles. The number of rotatable bonds is 10. The van der Waals surface area contributed by atoms with Gasteiger partial charge in [0.2, 0.25) is 5.75 Å². The Morgan fingerprint density at radius 2 is 1.81 bits per heavy atom. The molecule has 0 spiro atoms. The molecule has 0 amide bonds. The Balaban J connectivity index is 1.67. The summed E-state index contributed by atoms with van der Waals surface area (Å²) in [6, 6.07) is 8.12.